The Hall–Kier alpha value is -1.93. The van der Waals surface area contributed by atoms with Crippen molar-refractivity contribution in [2.24, 2.45) is 4.99 Å². The largest absolute Gasteiger partial charge is 0.312 e. The molecule has 0 radical (unpaired) electrons. The van der Waals surface area contributed by atoms with Crippen LogP contribution in [0.3, 0.4) is 0 Å². The van der Waals surface area contributed by atoms with Gasteiger partial charge in [-0.25, -0.2) is 17.2 Å². The zero-order valence-electron chi connectivity index (χ0n) is 14.6. The number of fused-ring (bicyclic) bond motifs is 1. The number of aryl methyl sites for hydroxylation is 1. The molecule has 0 N–H and O–H groups in total. The lowest BCUT2D eigenvalue weighted by molar-refractivity contribution is 0.577. The fraction of sp³-hybridized carbons (Fsp3) is 0.316. The van der Waals surface area contributed by atoms with Crippen molar-refractivity contribution in [2.75, 3.05) is 16.4 Å². The minimum absolute atomic E-state index is 0.0361. The first-order valence-electron chi connectivity index (χ1n) is 8.53. The van der Waals surface area contributed by atoms with E-state index in [1.807, 2.05) is 31.2 Å². The van der Waals surface area contributed by atoms with Gasteiger partial charge in [0.25, 0.3) is 0 Å². The third kappa shape index (κ3) is 3.73. The number of hydrogen-bond donors (Lipinski definition) is 0. The molecule has 0 unspecified atom stereocenters. The van der Waals surface area contributed by atoms with Crippen LogP contribution in [0.1, 0.15) is 11.1 Å². The van der Waals surface area contributed by atoms with E-state index in [0.717, 1.165) is 17.2 Å². The summed E-state index contributed by atoms with van der Waals surface area (Å²) in [5.74, 6) is -0.872. The molecule has 2 aliphatic rings. The molecule has 8 heteroatoms. The molecular formula is C19H18F2N2O2S2. The number of aliphatic imine (C=N–C) groups is 1. The molecule has 1 saturated heterocycles. The summed E-state index contributed by atoms with van der Waals surface area (Å²) in [5, 5.41) is 0.575. The summed E-state index contributed by atoms with van der Waals surface area (Å²) < 4.78 is 51.8. The molecule has 2 aromatic carbocycles. The topological polar surface area (TPSA) is 49.7 Å². The van der Waals surface area contributed by atoms with Crippen molar-refractivity contribution < 1.29 is 17.2 Å². The fourth-order valence-corrected chi connectivity index (χ4v) is 6.34. The smallest absolute Gasteiger partial charge is 0.164 e. The maximum absolute atomic E-state index is 14.4. The summed E-state index contributed by atoms with van der Waals surface area (Å²) in [6, 6.07) is 10.6. The van der Waals surface area contributed by atoms with Gasteiger partial charge in [-0.1, -0.05) is 41.6 Å². The van der Waals surface area contributed by atoms with Crippen LogP contribution in [0.2, 0.25) is 0 Å². The van der Waals surface area contributed by atoms with Gasteiger partial charge in [-0.15, -0.1) is 0 Å². The van der Waals surface area contributed by atoms with Gasteiger partial charge in [0.2, 0.25) is 0 Å². The summed E-state index contributed by atoms with van der Waals surface area (Å²) in [5.41, 5.74) is 2.42. The van der Waals surface area contributed by atoms with Crippen LogP contribution in [0, 0.1) is 18.6 Å². The van der Waals surface area contributed by atoms with E-state index in [1.165, 1.54) is 23.9 Å². The quantitative estimate of drug-likeness (QED) is 0.779. The predicted molar refractivity (Wildman–Crippen MR) is 105 cm³/mol. The highest BCUT2D eigenvalue weighted by Gasteiger charge is 2.47. The number of thioether (sulfide) groups is 1. The number of sulfone groups is 1. The second-order valence-corrected chi connectivity index (χ2v) is 9.96. The molecular weight excluding hydrogens is 390 g/mol. The Morgan fingerprint density at radius 3 is 2.59 bits per heavy atom. The molecule has 0 saturated carbocycles. The highest BCUT2D eigenvalue weighted by molar-refractivity contribution is 8.13. The number of halogens is 2. The Morgan fingerprint density at radius 2 is 1.89 bits per heavy atom. The Kier molecular flexibility index (Phi) is 4.71. The zero-order valence-corrected chi connectivity index (χ0v) is 16.2. The van der Waals surface area contributed by atoms with E-state index in [9.17, 15) is 17.2 Å². The molecule has 1 fully saturated rings. The number of rotatable bonds is 3. The summed E-state index contributed by atoms with van der Waals surface area (Å²) in [6.07, 6.45) is 0. The minimum Gasteiger partial charge on any atom is -0.312 e. The standard InChI is InChI=1S/C19H18F2N2O2S2/c1-12-2-4-13(5-3-12)9-26-19-22-16-10-27(24,25)11-18(16)23(19)17-7-6-14(20)8-15(17)21/h2-8,16,18H,9-11H2,1H3/t16-,18+/m0/s1. The Bertz CT molecular complexity index is 1010. The Balaban J connectivity index is 1.64. The number of amidine groups is 1. The number of hydrogen-bond acceptors (Lipinski definition) is 5. The van der Waals surface area contributed by atoms with E-state index >= 15 is 0 Å². The van der Waals surface area contributed by atoms with Gasteiger partial charge >= 0.3 is 0 Å². The van der Waals surface area contributed by atoms with E-state index in [1.54, 1.807) is 4.90 Å². The molecule has 2 aromatic rings. The second kappa shape index (κ2) is 6.91. The van der Waals surface area contributed by atoms with Gasteiger partial charge < -0.3 is 4.90 Å². The average molecular weight is 408 g/mol. The molecule has 0 aliphatic carbocycles. The minimum atomic E-state index is -3.22. The average Bonchev–Trinajstić information content (AvgIpc) is 3.06. The summed E-state index contributed by atoms with van der Waals surface area (Å²) in [4.78, 5) is 6.19. The third-order valence-electron chi connectivity index (χ3n) is 4.77. The fourth-order valence-electron chi connectivity index (χ4n) is 3.42. The van der Waals surface area contributed by atoms with Gasteiger partial charge in [0.15, 0.2) is 15.0 Å². The van der Waals surface area contributed by atoms with Crippen LogP contribution in [0.15, 0.2) is 47.5 Å². The van der Waals surface area contributed by atoms with Gasteiger partial charge in [0.05, 0.1) is 29.3 Å². The van der Waals surface area contributed by atoms with Gasteiger partial charge in [0.1, 0.15) is 11.6 Å². The first-order chi connectivity index (χ1) is 12.8. The lowest BCUT2D eigenvalue weighted by Gasteiger charge is -2.26. The summed E-state index contributed by atoms with van der Waals surface area (Å²) >= 11 is 1.44. The maximum atomic E-state index is 14.4. The van der Waals surface area contributed by atoms with E-state index in [4.69, 9.17) is 0 Å². The highest BCUT2D eigenvalue weighted by Crippen LogP contribution is 2.37. The van der Waals surface area contributed by atoms with E-state index in [-0.39, 0.29) is 17.2 Å². The molecule has 2 aliphatic heterocycles. The molecule has 2 heterocycles. The maximum Gasteiger partial charge on any atom is 0.164 e. The first kappa shape index (κ1) is 18.4. The van der Waals surface area contributed by atoms with Crippen LogP contribution in [-0.4, -0.2) is 37.2 Å². The molecule has 4 rings (SSSR count). The van der Waals surface area contributed by atoms with Gasteiger partial charge in [-0.05, 0) is 24.6 Å². The highest BCUT2D eigenvalue weighted by atomic mass is 32.2. The zero-order chi connectivity index (χ0) is 19.2. The van der Waals surface area contributed by atoms with Gasteiger partial charge in [-0.2, -0.15) is 0 Å². The van der Waals surface area contributed by atoms with Crippen molar-refractivity contribution >= 4 is 32.5 Å². The molecule has 0 bridgehead atoms. The predicted octanol–water partition coefficient (Wildman–Crippen LogP) is 3.55. The van der Waals surface area contributed by atoms with Gasteiger partial charge in [-0.3, -0.25) is 4.99 Å². The molecule has 0 aromatic heterocycles. The van der Waals surface area contributed by atoms with Crippen molar-refractivity contribution in [3.8, 4) is 0 Å². The van der Waals surface area contributed by atoms with Crippen LogP contribution in [-0.2, 0) is 15.6 Å². The van der Waals surface area contributed by atoms with Crippen molar-refractivity contribution in [2.45, 2.75) is 24.8 Å². The summed E-state index contributed by atoms with van der Waals surface area (Å²) in [6.45, 7) is 2.01. The number of nitrogens with zero attached hydrogens (tertiary/aromatic N) is 2. The normalized spacial score (nSPS) is 23.4. The summed E-state index contributed by atoms with van der Waals surface area (Å²) in [7, 11) is -3.22. The molecule has 0 amide bonds. The van der Waals surface area contributed by atoms with Crippen molar-refractivity contribution in [1.29, 1.82) is 0 Å². The van der Waals surface area contributed by atoms with Crippen molar-refractivity contribution in [3.05, 3.63) is 65.2 Å². The van der Waals surface area contributed by atoms with E-state index < -0.39 is 33.6 Å². The lowest BCUT2D eigenvalue weighted by atomic mass is 10.1. The van der Waals surface area contributed by atoms with Crippen LogP contribution in [0.4, 0.5) is 14.5 Å². The van der Waals surface area contributed by atoms with Crippen LogP contribution in [0.5, 0.6) is 0 Å². The number of benzene rings is 2. The van der Waals surface area contributed by atoms with Crippen LogP contribution < -0.4 is 4.90 Å². The van der Waals surface area contributed by atoms with Crippen molar-refractivity contribution in [3.63, 3.8) is 0 Å². The molecule has 0 spiro atoms. The monoisotopic (exact) mass is 408 g/mol. The molecule has 142 valence electrons. The Labute approximate surface area is 161 Å². The molecule has 2 atom stereocenters. The van der Waals surface area contributed by atoms with Crippen molar-refractivity contribution in [1.82, 2.24) is 0 Å². The molecule has 4 nitrogen and oxygen atoms in total. The Morgan fingerprint density at radius 1 is 1.15 bits per heavy atom. The lowest BCUT2D eigenvalue weighted by Crippen LogP contribution is -2.39. The number of anilines is 1. The van der Waals surface area contributed by atoms with Crippen LogP contribution >= 0.6 is 11.8 Å². The SMILES string of the molecule is Cc1ccc(CSC2=N[C@H]3CS(=O)(=O)C[C@H]3N2c2ccc(F)cc2F)cc1. The van der Waals surface area contributed by atoms with Gasteiger partial charge in [0, 0.05) is 11.8 Å². The second-order valence-electron chi connectivity index (χ2n) is 6.86. The van der Waals surface area contributed by atoms with Crippen LogP contribution in [0.25, 0.3) is 0 Å². The van der Waals surface area contributed by atoms with E-state index in [0.29, 0.717) is 10.9 Å². The third-order valence-corrected chi connectivity index (χ3v) is 7.50. The molecule has 27 heavy (non-hydrogen) atoms. The first-order valence-corrected chi connectivity index (χ1v) is 11.3. The van der Waals surface area contributed by atoms with E-state index in [2.05, 4.69) is 4.99 Å².